The van der Waals surface area contributed by atoms with Gasteiger partial charge in [0.25, 0.3) is 5.91 Å². The number of carbonyl (C=O) groups excluding carboxylic acids is 1. The number of anilines is 1. The Hall–Kier alpha value is -3.51. The minimum atomic E-state index is -0.489. The summed E-state index contributed by atoms with van der Waals surface area (Å²) < 4.78 is 0. The van der Waals surface area contributed by atoms with Crippen LogP contribution in [0.15, 0.2) is 67.0 Å². The Morgan fingerprint density at radius 3 is 2.72 bits per heavy atom. The predicted molar refractivity (Wildman–Crippen MR) is 115 cm³/mol. The van der Waals surface area contributed by atoms with Crippen LogP contribution in [-0.4, -0.2) is 35.0 Å². The van der Waals surface area contributed by atoms with Crippen LogP contribution < -0.4 is 16.4 Å². The fraction of sp³-hybridized carbons (Fsp3) is 0.174. The Kier molecular flexibility index (Phi) is 4.33. The van der Waals surface area contributed by atoms with Gasteiger partial charge in [-0.05, 0) is 28.5 Å². The van der Waals surface area contributed by atoms with E-state index in [1.807, 2.05) is 12.1 Å². The third kappa shape index (κ3) is 3.17. The minimum absolute atomic E-state index is 0.173. The third-order valence-electron chi connectivity index (χ3n) is 5.67. The fourth-order valence-electron chi connectivity index (χ4n) is 4.20. The van der Waals surface area contributed by atoms with Crippen molar-refractivity contribution in [2.45, 2.75) is 12.0 Å². The van der Waals surface area contributed by atoms with E-state index >= 15 is 0 Å². The number of carbonyl (C=O) groups is 1. The number of fused-ring (bicyclic) bond motifs is 2. The molecule has 1 aliphatic rings. The first-order valence-electron chi connectivity index (χ1n) is 9.70. The number of hydrogen-bond acceptors (Lipinski definition) is 5. The van der Waals surface area contributed by atoms with Crippen molar-refractivity contribution < 1.29 is 4.79 Å². The highest BCUT2D eigenvalue weighted by Crippen LogP contribution is 2.30. The number of nitrogens with one attached hydrogen (secondary N) is 2. The maximum Gasteiger partial charge on any atom is 0.250 e. The first kappa shape index (κ1) is 17.6. The minimum Gasteiger partial charge on any atom is -0.366 e. The van der Waals surface area contributed by atoms with Gasteiger partial charge in [-0.15, -0.1) is 0 Å². The monoisotopic (exact) mass is 383 g/mol. The van der Waals surface area contributed by atoms with Gasteiger partial charge < -0.3 is 16.4 Å². The van der Waals surface area contributed by atoms with Crippen LogP contribution in [0.4, 0.5) is 5.82 Å². The Bertz CT molecular complexity index is 1220. The van der Waals surface area contributed by atoms with Crippen molar-refractivity contribution in [3.63, 3.8) is 0 Å². The number of amides is 1. The number of benzene rings is 3. The molecule has 1 saturated heterocycles. The molecule has 0 spiro atoms. The molecule has 0 radical (unpaired) electrons. The van der Waals surface area contributed by atoms with Crippen LogP contribution >= 0.6 is 0 Å². The number of rotatable bonds is 4. The maximum absolute atomic E-state index is 11.7. The van der Waals surface area contributed by atoms with Gasteiger partial charge in [0, 0.05) is 30.4 Å². The van der Waals surface area contributed by atoms with E-state index in [9.17, 15) is 4.79 Å². The second-order valence-electron chi connectivity index (χ2n) is 7.41. The molecule has 1 fully saturated rings. The van der Waals surface area contributed by atoms with Crippen LogP contribution in [0.2, 0.25) is 0 Å². The van der Waals surface area contributed by atoms with Gasteiger partial charge in [0.15, 0.2) is 0 Å². The first-order chi connectivity index (χ1) is 14.2. The zero-order chi connectivity index (χ0) is 19.8. The summed E-state index contributed by atoms with van der Waals surface area (Å²) in [5.74, 6) is 0.540. The van der Waals surface area contributed by atoms with E-state index in [2.05, 4.69) is 63.1 Å². The fourth-order valence-corrected chi connectivity index (χ4v) is 4.20. The topological polar surface area (TPSA) is 92.9 Å². The van der Waals surface area contributed by atoms with Gasteiger partial charge in [-0.25, -0.2) is 9.97 Å². The average molecular weight is 383 g/mol. The Labute approximate surface area is 168 Å². The molecular weight excluding hydrogens is 362 g/mol. The van der Waals surface area contributed by atoms with Crippen molar-refractivity contribution in [1.29, 1.82) is 0 Å². The van der Waals surface area contributed by atoms with Crippen molar-refractivity contribution in [3.05, 3.63) is 78.1 Å². The van der Waals surface area contributed by atoms with E-state index in [1.54, 1.807) is 6.07 Å². The second kappa shape index (κ2) is 7.14. The number of aromatic nitrogens is 2. The summed E-state index contributed by atoms with van der Waals surface area (Å²) in [5, 5.41) is 10.4. The number of para-hydroxylation sites is 1. The zero-order valence-electron chi connectivity index (χ0n) is 15.8. The van der Waals surface area contributed by atoms with E-state index in [0.717, 1.165) is 24.3 Å². The molecule has 2 unspecified atom stereocenters. The van der Waals surface area contributed by atoms with E-state index in [1.165, 1.54) is 22.7 Å². The van der Waals surface area contributed by atoms with E-state index in [4.69, 9.17) is 5.73 Å². The Balaban J connectivity index is 1.49. The van der Waals surface area contributed by atoms with Gasteiger partial charge in [-0.2, -0.15) is 0 Å². The van der Waals surface area contributed by atoms with Crippen LogP contribution in [0.25, 0.3) is 21.7 Å². The normalized spacial score (nSPS) is 18.9. The number of nitrogens with two attached hydrogens (primary N) is 1. The van der Waals surface area contributed by atoms with Crippen molar-refractivity contribution >= 4 is 33.4 Å². The molecule has 2 atom stereocenters. The summed E-state index contributed by atoms with van der Waals surface area (Å²) in [6, 6.07) is 20.6. The molecule has 2 heterocycles. The molecule has 0 bridgehead atoms. The van der Waals surface area contributed by atoms with Gasteiger partial charge >= 0.3 is 0 Å². The van der Waals surface area contributed by atoms with Gasteiger partial charge in [-0.3, -0.25) is 4.79 Å². The summed E-state index contributed by atoms with van der Waals surface area (Å²) in [5.41, 5.74) is 7.78. The lowest BCUT2D eigenvalue weighted by atomic mass is 9.92. The predicted octanol–water partition coefficient (Wildman–Crippen LogP) is 3.05. The zero-order valence-corrected chi connectivity index (χ0v) is 15.8. The second-order valence-corrected chi connectivity index (χ2v) is 7.41. The lowest BCUT2D eigenvalue weighted by Crippen LogP contribution is -2.27. The molecule has 4 N–H and O–H groups in total. The largest absolute Gasteiger partial charge is 0.366 e. The van der Waals surface area contributed by atoms with E-state index in [-0.39, 0.29) is 6.04 Å². The Morgan fingerprint density at radius 2 is 1.86 bits per heavy atom. The third-order valence-corrected chi connectivity index (χ3v) is 5.67. The molecular formula is C23H21N5O. The van der Waals surface area contributed by atoms with Gasteiger partial charge in [0.1, 0.15) is 12.1 Å². The van der Waals surface area contributed by atoms with Crippen LogP contribution in [0, 0.1) is 0 Å². The van der Waals surface area contributed by atoms with Gasteiger partial charge in [-0.1, -0.05) is 48.5 Å². The highest BCUT2D eigenvalue weighted by molar-refractivity contribution is 6.06. The number of hydrogen-bond donors (Lipinski definition) is 3. The van der Waals surface area contributed by atoms with Crippen molar-refractivity contribution in [2.75, 3.05) is 18.4 Å². The smallest absolute Gasteiger partial charge is 0.250 e. The maximum atomic E-state index is 11.7. The molecule has 6 heteroatoms. The summed E-state index contributed by atoms with van der Waals surface area (Å²) in [6.45, 7) is 1.73. The van der Waals surface area contributed by atoms with E-state index in [0.29, 0.717) is 17.0 Å². The molecule has 3 aromatic carbocycles. The highest BCUT2D eigenvalue weighted by Gasteiger charge is 2.29. The molecule has 0 saturated carbocycles. The molecule has 1 aromatic heterocycles. The van der Waals surface area contributed by atoms with Crippen LogP contribution in [0.1, 0.15) is 21.8 Å². The number of nitrogens with zero attached hydrogens (tertiary/aromatic N) is 2. The van der Waals surface area contributed by atoms with Gasteiger partial charge in [0.05, 0.1) is 11.1 Å². The summed E-state index contributed by atoms with van der Waals surface area (Å²) in [6.07, 6.45) is 1.48. The van der Waals surface area contributed by atoms with Crippen molar-refractivity contribution in [3.8, 4) is 0 Å². The number of primary amides is 1. The van der Waals surface area contributed by atoms with Crippen LogP contribution in [-0.2, 0) is 0 Å². The average Bonchev–Trinajstić information content (AvgIpc) is 3.21. The SMILES string of the molecule is NC(=O)c1cccc2c(NC3CNCC3c3ccc4ccccc4c3)ncnc12. The highest BCUT2D eigenvalue weighted by atomic mass is 16.1. The molecule has 5 rings (SSSR count). The summed E-state index contributed by atoms with van der Waals surface area (Å²) in [4.78, 5) is 20.5. The van der Waals surface area contributed by atoms with Crippen LogP contribution in [0.3, 0.4) is 0 Å². The molecule has 6 nitrogen and oxygen atoms in total. The quantitative estimate of drug-likeness (QED) is 0.504. The lowest BCUT2D eigenvalue weighted by Gasteiger charge is -2.22. The molecule has 4 aromatic rings. The molecule has 29 heavy (non-hydrogen) atoms. The van der Waals surface area contributed by atoms with Crippen molar-refractivity contribution in [1.82, 2.24) is 15.3 Å². The van der Waals surface area contributed by atoms with Crippen molar-refractivity contribution in [2.24, 2.45) is 5.73 Å². The van der Waals surface area contributed by atoms with Crippen LogP contribution in [0.5, 0.6) is 0 Å². The lowest BCUT2D eigenvalue weighted by molar-refractivity contribution is 0.100. The molecule has 0 aliphatic carbocycles. The van der Waals surface area contributed by atoms with Gasteiger partial charge in [0.2, 0.25) is 0 Å². The molecule has 144 valence electrons. The Morgan fingerprint density at radius 1 is 1.00 bits per heavy atom. The molecule has 1 aliphatic heterocycles. The first-order valence-corrected chi connectivity index (χ1v) is 9.70. The molecule has 1 amide bonds. The summed E-state index contributed by atoms with van der Waals surface area (Å²) >= 11 is 0. The standard InChI is InChI=1S/C23H21N5O/c24-22(29)17-6-3-7-18-21(17)26-13-27-23(18)28-20-12-25-11-19(20)16-9-8-14-4-1-2-5-15(14)10-16/h1-10,13,19-20,25H,11-12H2,(H2,24,29)(H,26,27,28). The summed E-state index contributed by atoms with van der Waals surface area (Å²) in [7, 11) is 0. The van der Waals surface area contributed by atoms with E-state index < -0.39 is 5.91 Å².